The van der Waals surface area contributed by atoms with Crippen LogP contribution >= 0.6 is 0 Å². The van der Waals surface area contributed by atoms with Crippen LogP contribution in [-0.2, 0) is 17.9 Å². The highest BCUT2D eigenvalue weighted by Crippen LogP contribution is 2.25. The number of amides is 2. The van der Waals surface area contributed by atoms with Crippen molar-refractivity contribution in [2.45, 2.75) is 44.9 Å². The predicted octanol–water partition coefficient (Wildman–Crippen LogP) is 1.67. The second-order valence-corrected chi connectivity index (χ2v) is 7.11. The fourth-order valence-corrected chi connectivity index (χ4v) is 3.55. The first-order chi connectivity index (χ1) is 13.5. The highest BCUT2D eigenvalue weighted by Gasteiger charge is 2.34. The molecule has 0 saturated heterocycles. The van der Waals surface area contributed by atoms with Crippen LogP contribution in [0, 0.1) is 0 Å². The summed E-state index contributed by atoms with van der Waals surface area (Å²) in [5, 5.41) is 14.9. The van der Waals surface area contributed by atoms with Crippen molar-refractivity contribution in [3.8, 4) is 0 Å². The number of aromatic nitrogens is 2. The molecule has 3 N–H and O–H groups in total. The van der Waals surface area contributed by atoms with Crippen molar-refractivity contribution < 1.29 is 14.7 Å². The molecule has 1 aliphatic rings. The van der Waals surface area contributed by atoms with E-state index in [1.807, 2.05) is 46.9 Å². The third kappa shape index (κ3) is 5.32. The predicted molar refractivity (Wildman–Crippen MR) is 105 cm³/mol. The number of carboxylic acid groups (broad SMARTS) is 1. The van der Waals surface area contributed by atoms with Gasteiger partial charge >= 0.3 is 12.0 Å². The van der Waals surface area contributed by atoms with Crippen molar-refractivity contribution in [2.75, 3.05) is 13.1 Å². The molecular formula is C20H27N5O3. The Morgan fingerprint density at radius 1 is 1.29 bits per heavy atom. The molecule has 0 spiro atoms. The normalized spacial score (nSPS) is 18.5. The molecule has 2 amide bonds. The van der Waals surface area contributed by atoms with Crippen LogP contribution in [0.3, 0.4) is 0 Å². The maximum absolute atomic E-state index is 12.2. The number of benzene rings is 1. The highest BCUT2D eigenvalue weighted by molar-refractivity contribution is 5.74. The number of carboxylic acids is 1. The van der Waals surface area contributed by atoms with Crippen LogP contribution in [0.1, 0.15) is 30.9 Å². The smallest absolute Gasteiger partial charge is 0.317 e. The summed E-state index contributed by atoms with van der Waals surface area (Å²) < 4.78 is 1.99. The van der Waals surface area contributed by atoms with Crippen molar-refractivity contribution in [3.63, 3.8) is 0 Å². The average molecular weight is 385 g/mol. The molecule has 1 aromatic heterocycles. The number of nitrogens with one attached hydrogen (secondary N) is 2. The molecule has 0 bridgehead atoms. The first-order valence-corrected chi connectivity index (χ1v) is 9.58. The highest BCUT2D eigenvalue weighted by atomic mass is 16.4. The number of aliphatic carboxylic acids is 1. The molecule has 1 aromatic carbocycles. The van der Waals surface area contributed by atoms with Gasteiger partial charge in [0.2, 0.25) is 0 Å². The summed E-state index contributed by atoms with van der Waals surface area (Å²) in [4.78, 5) is 29.1. The maximum atomic E-state index is 12.2. The number of hydrogen-bond donors (Lipinski definition) is 3. The monoisotopic (exact) mass is 385 g/mol. The topological polar surface area (TPSA) is 99.5 Å². The molecule has 28 heavy (non-hydrogen) atoms. The third-order valence-electron chi connectivity index (χ3n) is 5.18. The lowest BCUT2D eigenvalue weighted by Crippen LogP contribution is -2.56. The van der Waals surface area contributed by atoms with Crippen LogP contribution in [0.25, 0.3) is 0 Å². The Labute approximate surface area is 164 Å². The van der Waals surface area contributed by atoms with Gasteiger partial charge in [0, 0.05) is 37.6 Å². The molecule has 2 aromatic rings. The van der Waals surface area contributed by atoms with Gasteiger partial charge in [-0.25, -0.2) is 9.78 Å². The molecule has 0 unspecified atom stereocenters. The molecule has 1 heterocycles. The van der Waals surface area contributed by atoms with Crippen LogP contribution in [-0.4, -0.2) is 56.7 Å². The zero-order chi connectivity index (χ0) is 19.9. The van der Waals surface area contributed by atoms with E-state index in [1.165, 1.54) is 0 Å². The number of hydrogen-bond acceptors (Lipinski definition) is 4. The van der Waals surface area contributed by atoms with Crippen molar-refractivity contribution in [3.05, 3.63) is 54.1 Å². The van der Waals surface area contributed by atoms with Gasteiger partial charge in [0.05, 0.1) is 12.9 Å². The summed E-state index contributed by atoms with van der Waals surface area (Å²) in [5.74, 6) is -0.814. The summed E-state index contributed by atoms with van der Waals surface area (Å²) in [5.41, 5.74) is 2.20. The Morgan fingerprint density at radius 2 is 2.04 bits per heavy atom. The summed E-state index contributed by atoms with van der Waals surface area (Å²) in [7, 11) is 0. The van der Waals surface area contributed by atoms with Crippen molar-refractivity contribution in [1.29, 1.82) is 0 Å². The zero-order valence-electron chi connectivity index (χ0n) is 16.0. The lowest BCUT2D eigenvalue weighted by molar-refractivity contribution is -0.139. The van der Waals surface area contributed by atoms with Crippen LogP contribution in [0.5, 0.6) is 0 Å². The summed E-state index contributed by atoms with van der Waals surface area (Å²) in [6.07, 6.45) is 7.00. The maximum Gasteiger partial charge on any atom is 0.317 e. The van der Waals surface area contributed by atoms with Gasteiger partial charge in [-0.3, -0.25) is 9.69 Å². The molecule has 8 heteroatoms. The van der Waals surface area contributed by atoms with Crippen LogP contribution in [0.15, 0.2) is 43.0 Å². The van der Waals surface area contributed by atoms with E-state index in [0.29, 0.717) is 19.6 Å². The largest absolute Gasteiger partial charge is 0.480 e. The number of carbonyl (C=O) groups is 2. The molecular weight excluding hydrogens is 358 g/mol. The lowest BCUT2D eigenvalue weighted by atomic mass is 9.85. The molecule has 0 radical (unpaired) electrons. The lowest BCUT2D eigenvalue weighted by Gasteiger charge is -2.42. The summed E-state index contributed by atoms with van der Waals surface area (Å²) >= 11 is 0. The van der Waals surface area contributed by atoms with Crippen molar-refractivity contribution in [1.82, 2.24) is 25.1 Å². The van der Waals surface area contributed by atoms with Gasteiger partial charge in [-0.2, -0.15) is 0 Å². The SMILES string of the molecule is CCN(CC(=O)O)C1CC(NC(=O)NCc2ccccc2Cn2ccnc2)C1. The van der Waals surface area contributed by atoms with Gasteiger partial charge in [0.15, 0.2) is 0 Å². The molecule has 1 fully saturated rings. The van der Waals surface area contributed by atoms with E-state index in [2.05, 4.69) is 15.6 Å². The molecule has 0 aliphatic heterocycles. The minimum atomic E-state index is -0.814. The average Bonchev–Trinajstić information content (AvgIpc) is 3.15. The Balaban J connectivity index is 1.44. The first-order valence-electron chi connectivity index (χ1n) is 9.58. The number of carbonyl (C=O) groups excluding carboxylic acids is 1. The van der Waals surface area contributed by atoms with Gasteiger partial charge in [-0.15, -0.1) is 0 Å². The van der Waals surface area contributed by atoms with Gasteiger partial charge in [-0.05, 0) is 30.5 Å². The first kappa shape index (κ1) is 19.9. The number of nitrogens with zero attached hydrogens (tertiary/aromatic N) is 3. The van der Waals surface area contributed by atoms with Crippen LogP contribution < -0.4 is 10.6 Å². The van der Waals surface area contributed by atoms with Gasteiger partial charge < -0.3 is 20.3 Å². The van der Waals surface area contributed by atoms with E-state index >= 15 is 0 Å². The van der Waals surface area contributed by atoms with Crippen molar-refractivity contribution >= 4 is 12.0 Å². The van der Waals surface area contributed by atoms with Crippen LogP contribution in [0.2, 0.25) is 0 Å². The Kier molecular flexibility index (Phi) is 6.65. The van der Waals surface area contributed by atoms with E-state index in [1.54, 1.807) is 12.5 Å². The minimum absolute atomic E-state index is 0.0494. The van der Waals surface area contributed by atoms with Gasteiger partial charge in [0.1, 0.15) is 0 Å². The fraction of sp³-hybridized carbons (Fsp3) is 0.450. The fourth-order valence-electron chi connectivity index (χ4n) is 3.55. The number of rotatable bonds is 9. The second-order valence-electron chi connectivity index (χ2n) is 7.11. The van der Waals surface area contributed by atoms with Gasteiger partial charge in [-0.1, -0.05) is 31.2 Å². The number of imidazole rings is 1. The Morgan fingerprint density at radius 3 is 2.68 bits per heavy atom. The Bertz CT molecular complexity index is 787. The quantitative estimate of drug-likeness (QED) is 0.610. The summed E-state index contributed by atoms with van der Waals surface area (Å²) in [6, 6.07) is 8.13. The Hall–Kier alpha value is -2.87. The van der Waals surface area contributed by atoms with Crippen molar-refractivity contribution in [2.24, 2.45) is 0 Å². The molecule has 8 nitrogen and oxygen atoms in total. The van der Waals surface area contributed by atoms with E-state index in [4.69, 9.17) is 5.11 Å². The van der Waals surface area contributed by atoms with E-state index < -0.39 is 5.97 Å². The number of likely N-dealkylation sites (N-methyl/N-ethyl adjacent to an activating group) is 1. The standard InChI is InChI=1S/C20H27N5O3/c1-2-25(13-19(26)27)18-9-17(10-18)23-20(28)22-11-15-5-3-4-6-16(15)12-24-8-7-21-14-24/h3-8,14,17-18H,2,9-13H2,1H3,(H,26,27)(H2,22,23,28). The summed E-state index contributed by atoms with van der Waals surface area (Å²) in [6.45, 7) is 3.86. The molecule has 0 atom stereocenters. The zero-order valence-corrected chi connectivity index (χ0v) is 16.0. The third-order valence-corrected chi connectivity index (χ3v) is 5.18. The second kappa shape index (κ2) is 9.36. The molecule has 150 valence electrons. The molecule has 1 saturated carbocycles. The van der Waals surface area contributed by atoms with E-state index in [9.17, 15) is 9.59 Å². The van der Waals surface area contributed by atoms with Gasteiger partial charge in [0.25, 0.3) is 0 Å². The number of urea groups is 1. The molecule has 1 aliphatic carbocycles. The van der Waals surface area contributed by atoms with E-state index in [0.717, 1.165) is 24.0 Å². The molecule has 3 rings (SSSR count). The van der Waals surface area contributed by atoms with E-state index in [-0.39, 0.29) is 24.7 Å². The minimum Gasteiger partial charge on any atom is -0.480 e. The van der Waals surface area contributed by atoms with Crippen LogP contribution in [0.4, 0.5) is 4.79 Å².